The number of esters is 2. The van der Waals surface area contributed by atoms with Gasteiger partial charge in [-0.3, -0.25) is 14.4 Å². The molecule has 0 saturated heterocycles. The maximum Gasteiger partial charge on any atom is 0.331 e. The summed E-state index contributed by atoms with van der Waals surface area (Å²) in [5, 5.41) is 13.3. The van der Waals surface area contributed by atoms with E-state index in [1.165, 1.54) is 5.57 Å². The number of carbonyl (C=O) groups is 4. The molecule has 0 radical (unpaired) electrons. The van der Waals surface area contributed by atoms with Crippen LogP contribution in [0.4, 0.5) is 0 Å². The molecule has 228 valence electrons. The van der Waals surface area contributed by atoms with Crippen LogP contribution in [0.15, 0.2) is 42.0 Å². The van der Waals surface area contributed by atoms with E-state index in [1.807, 2.05) is 6.08 Å². The molecule has 0 bridgehead atoms. The monoisotopic (exact) mass is 579 g/mol. The van der Waals surface area contributed by atoms with Gasteiger partial charge in [0.1, 0.15) is 12.2 Å². The molecule has 0 spiro atoms. The molecule has 4 aliphatic rings. The minimum Gasteiger partial charge on any atom is -0.464 e. The van der Waals surface area contributed by atoms with Gasteiger partial charge in [0, 0.05) is 18.3 Å². The van der Waals surface area contributed by atoms with Crippen LogP contribution in [-0.2, 0) is 28.7 Å². The summed E-state index contributed by atoms with van der Waals surface area (Å²) in [6.45, 7) is 6.41. The van der Waals surface area contributed by atoms with Crippen LogP contribution >= 0.6 is 0 Å². The Morgan fingerprint density at radius 3 is 2.50 bits per heavy atom. The fourth-order valence-electron chi connectivity index (χ4n) is 8.73. The second kappa shape index (κ2) is 12.3. The van der Waals surface area contributed by atoms with Gasteiger partial charge in [0.05, 0.1) is 13.0 Å². The Bertz CT molecular complexity index is 1230. The molecule has 3 saturated carbocycles. The zero-order valence-corrected chi connectivity index (χ0v) is 25.1. The van der Waals surface area contributed by atoms with Crippen LogP contribution in [0.25, 0.3) is 0 Å². The Balaban J connectivity index is 1.17. The van der Waals surface area contributed by atoms with Gasteiger partial charge in [0.25, 0.3) is 0 Å². The van der Waals surface area contributed by atoms with Crippen LogP contribution in [0.2, 0.25) is 0 Å². The van der Waals surface area contributed by atoms with Crippen molar-refractivity contribution in [2.24, 2.45) is 28.6 Å². The summed E-state index contributed by atoms with van der Waals surface area (Å²) >= 11 is 0. The first-order valence-corrected chi connectivity index (χ1v) is 15.7. The smallest absolute Gasteiger partial charge is 0.331 e. The standard InChI is InChI=1S/C34H45NO7/c1-4-41-32(40)30(31(39)21-8-6-5-7-9-21)35-28(37)14-15-29(38)42-27-13-12-25-24-11-10-22-20-23(36)16-18-33(22,2)26(24)17-19-34(25,27)3/h5-9,20,24-27,30-31,39H,4,10-19H2,1-3H3,(H,35,37)/t24-,25+,26+,27+,30+,31-,33-,34-/m0/s1. The zero-order chi connectivity index (χ0) is 30.1. The van der Waals surface area contributed by atoms with Crippen LogP contribution in [-0.4, -0.2) is 47.5 Å². The summed E-state index contributed by atoms with van der Waals surface area (Å²) in [7, 11) is 0. The molecule has 2 N–H and O–H groups in total. The Morgan fingerprint density at radius 2 is 1.76 bits per heavy atom. The number of allylic oxidation sites excluding steroid dienone is 1. The number of aliphatic hydroxyl groups excluding tert-OH is 1. The molecule has 0 unspecified atom stereocenters. The van der Waals surface area contributed by atoms with Crippen molar-refractivity contribution in [3.05, 3.63) is 47.5 Å². The predicted molar refractivity (Wildman–Crippen MR) is 156 cm³/mol. The first kappa shape index (κ1) is 30.5. The van der Waals surface area contributed by atoms with Crippen molar-refractivity contribution in [2.75, 3.05) is 6.61 Å². The lowest BCUT2D eigenvalue weighted by atomic mass is 9.47. The van der Waals surface area contributed by atoms with Gasteiger partial charge in [-0.05, 0) is 86.7 Å². The van der Waals surface area contributed by atoms with E-state index in [4.69, 9.17) is 9.47 Å². The van der Waals surface area contributed by atoms with Crippen molar-refractivity contribution < 1.29 is 33.8 Å². The predicted octanol–water partition coefficient (Wildman–Crippen LogP) is 4.99. The first-order chi connectivity index (χ1) is 20.1. The van der Waals surface area contributed by atoms with E-state index in [9.17, 15) is 24.3 Å². The number of rotatable bonds is 9. The maximum absolute atomic E-state index is 13.0. The quantitative estimate of drug-likeness (QED) is 0.396. The first-order valence-electron chi connectivity index (χ1n) is 15.7. The van der Waals surface area contributed by atoms with Crippen LogP contribution < -0.4 is 5.32 Å². The number of carbonyl (C=O) groups excluding carboxylic acids is 4. The van der Waals surface area contributed by atoms with E-state index in [1.54, 1.807) is 37.3 Å². The number of hydrogen-bond acceptors (Lipinski definition) is 7. The van der Waals surface area contributed by atoms with Gasteiger partial charge in [-0.25, -0.2) is 4.79 Å². The number of ether oxygens (including phenoxy) is 2. The van der Waals surface area contributed by atoms with E-state index in [0.29, 0.717) is 29.7 Å². The summed E-state index contributed by atoms with van der Waals surface area (Å²) in [6, 6.07) is 7.32. The topological polar surface area (TPSA) is 119 Å². The third kappa shape index (κ3) is 5.79. The molecule has 3 fully saturated rings. The summed E-state index contributed by atoms with van der Waals surface area (Å²) in [6.07, 6.45) is 7.81. The second-order valence-electron chi connectivity index (χ2n) is 13.2. The average Bonchev–Trinajstić information content (AvgIpc) is 3.31. The Hall–Kier alpha value is -3.00. The molecular formula is C34H45NO7. The lowest BCUT2D eigenvalue weighted by molar-refractivity contribution is -0.160. The van der Waals surface area contributed by atoms with E-state index in [0.717, 1.165) is 44.9 Å². The molecule has 1 aromatic rings. The Labute approximate surface area is 248 Å². The van der Waals surface area contributed by atoms with Crippen molar-refractivity contribution in [3.63, 3.8) is 0 Å². The minimum absolute atomic E-state index is 0.0874. The molecule has 0 aliphatic heterocycles. The third-order valence-electron chi connectivity index (χ3n) is 11.0. The highest BCUT2D eigenvalue weighted by molar-refractivity contribution is 5.91. The van der Waals surface area contributed by atoms with E-state index in [-0.39, 0.29) is 42.2 Å². The highest BCUT2D eigenvalue weighted by Crippen LogP contribution is 2.65. The number of nitrogens with one attached hydrogen (secondary N) is 1. The van der Waals surface area contributed by atoms with Crippen LogP contribution in [0.5, 0.6) is 0 Å². The van der Waals surface area contributed by atoms with Gasteiger partial charge in [0.15, 0.2) is 11.8 Å². The highest BCUT2D eigenvalue weighted by atomic mass is 16.5. The van der Waals surface area contributed by atoms with Gasteiger partial charge in [-0.1, -0.05) is 49.8 Å². The van der Waals surface area contributed by atoms with Gasteiger partial charge >= 0.3 is 11.9 Å². The lowest BCUT2D eigenvalue weighted by Gasteiger charge is -2.57. The number of fused-ring (bicyclic) bond motifs is 5. The SMILES string of the molecule is CCOC(=O)[C@H](NC(=O)CCC(=O)O[C@@H]1CC[C@@H]2[C@@H]3CCC4=CC(=O)CC[C@]4(C)[C@@H]3CC[C@@]21C)[C@@H](O)c1ccccc1. The van der Waals surface area contributed by atoms with E-state index < -0.39 is 30.0 Å². The number of amides is 1. The molecule has 1 aromatic carbocycles. The number of ketones is 1. The molecule has 0 aromatic heterocycles. The number of benzene rings is 1. The minimum atomic E-state index is -1.28. The molecular weight excluding hydrogens is 534 g/mol. The molecule has 1 amide bonds. The fourth-order valence-corrected chi connectivity index (χ4v) is 8.73. The lowest BCUT2D eigenvalue weighted by Crippen LogP contribution is -2.51. The maximum atomic E-state index is 13.0. The summed E-state index contributed by atoms with van der Waals surface area (Å²) in [5.41, 5.74) is 1.85. The van der Waals surface area contributed by atoms with E-state index >= 15 is 0 Å². The highest BCUT2D eigenvalue weighted by Gasteiger charge is 2.60. The zero-order valence-electron chi connectivity index (χ0n) is 25.1. The van der Waals surface area contributed by atoms with Crippen LogP contribution in [0.3, 0.4) is 0 Å². The van der Waals surface area contributed by atoms with E-state index in [2.05, 4.69) is 19.2 Å². The van der Waals surface area contributed by atoms with Crippen molar-refractivity contribution in [3.8, 4) is 0 Å². The molecule has 42 heavy (non-hydrogen) atoms. The Morgan fingerprint density at radius 1 is 1.00 bits per heavy atom. The molecule has 4 aliphatic carbocycles. The van der Waals surface area contributed by atoms with Gasteiger partial charge in [-0.2, -0.15) is 0 Å². The van der Waals surface area contributed by atoms with Crippen molar-refractivity contribution >= 4 is 23.6 Å². The molecule has 0 heterocycles. The van der Waals surface area contributed by atoms with Crippen LogP contribution in [0, 0.1) is 28.6 Å². The van der Waals surface area contributed by atoms with Gasteiger partial charge < -0.3 is 19.9 Å². The average molecular weight is 580 g/mol. The molecule has 8 heteroatoms. The second-order valence-corrected chi connectivity index (χ2v) is 13.2. The fraction of sp³-hybridized carbons (Fsp3) is 0.647. The third-order valence-corrected chi connectivity index (χ3v) is 11.0. The number of hydrogen-bond donors (Lipinski definition) is 2. The molecule has 8 atom stereocenters. The van der Waals surface area contributed by atoms with Crippen molar-refractivity contribution in [2.45, 2.75) is 103 Å². The normalized spacial score (nSPS) is 33.2. The van der Waals surface area contributed by atoms with Crippen molar-refractivity contribution in [1.82, 2.24) is 5.32 Å². The summed E-state index contributed by atoms with van der Waals surface area (Å²) in [5.74, 6) is 0.225. The molecule has 8 nitrogen and oxygen atoms in total. The largest absolute Gasteiger partial charge is 0.464 e. The Kier molecular flexibility index (Phi) is 8.93. The van der Waals surface area contributed by atoms with Crippen molar-refractivity contribution in [1.29, 1.82) is 0 Å². The van der Waals surface area contributed by atoms with Gasteiger partial charge in [-0.15, -0.1) is 0 Å². The number of aliphatic hydroxyl groups is 1. The van der Waals surface area contributed by atoms with Gasteiger partial charge in [0.2, 0.25) is 5.91 Å². The van der Waals surface area contributed by atoms with Crippen LogP contribution in [0.1, 0.15) is 96.6 Å². The summed E-state index contributed by atoms with van der Waals surface area (Å²) in [4.78, 5) is 50.4. The summed E-state index contributed by atoms with van der Waals surface area (Å²) < 4.78 is 11.1. The molecule has 5 rings (SSSR count).